The van der Waals surface area contributed by atoms with Crippen molar-refractivity contribution >= 4 is 15.8 Å². The number of sulfone groups is 1. The lowest BCUT2D eigenvalue weighted by Gasteiger charge is -2.11. The monoisotopic (exact) mass is 316 g/mol. The smallest absolute Gasteiger partial charge is 0.314 e. The molecule has 0 heterocycles. The van der Waals surface area contributed by atoms with E-state index in [0.29, 0.717) is 5.56 Å². The molecule has 0 amide bonds. The summed E-state index contributed by atoms with van der Waals surface area (Å²) in [7, 11) is -2.27. The van der Waals surface area contributed by atoms with Crippen LogP contribution in [0.3, 0.4) is 0 Å². The van der Waals surface area contributed by atoms with Crippen LogP contribution in [-0.2, 0) is 19.4 Å². The molecule has 0 saturated heterocycles. The quantitative estimate of drug-likeness (QED) is 0.859. The van der Waals surface area contributed by atoms with Crippen molar-refractivity contribution in [3.05, 3.63) is 35.6 Å². The molecule has 116 valence electrons. The zero-order valence-corrected chi connectivity index (χ0v) is 12.6. The second-order valence-corrected chi connectivity index (χ2v) is 7.59. The summed E-state index contributed by atoms with van der Waals surface area (Å²) < 4.78 is 42.7. The molecule has 0 aliphatic heterocycles. The van der Waals surface area contributed by atoms with Crippen molar-refractivity contribution in [1.29, 1.82) is 0 Å². The number of methoxy groups -OCH3 is 1. The Hall–Kier alpha value is -1.47. The van der Waals surface area contributed by atoms with Gasteiger partial charge in [-0.15, -0.1) is 0 Å². The van der Waals surface area contributed by atoms with Gasteiger partial charge in [-0.2, -0.15) is 0 Å². The van der Waals surface area contributed by atoms with Crippen molar-refractivity contribution in [1.82, 2.24) is 0 Å². The molecule has 2 rings (SSSR count). The highest BCUT2D eigenvalue weighted by atomic mass is 32.2. The van der Waals surface area contributed by atoms with Gasteiger partial charge >= 0.3 is 5.97 Å². The molecule has 1 aromatic carbocycles. The van der Waals surface area contributed by atoms with Crippen LogP contribution in [0.5, 0.6) is 0 Å². The summed E-state index contributed by atoms with van der Waals surface area (Å²) in [6.45, 7) is 1.24. The number of hydrogen-bond acceptors (Lipinski definition) is 4. The van der Waals surface area contributed by atoms with Gasteiger partial charge in [-0.25, -0.2) is 12.8 Å². The van der Waals surface area contributed by atoms with Gasteiger partial charge in [0, 0.05) is 18.8 Å². The Balaban J connectivity index is 2.54. The van der Waals surface area contributed by atoms with E-state index in [1.165, 1.54) is 32.2 Å². The average molecular weight is 316 g/mol. The lowest BCUT2D eigenvalue weighted by molar-refractivity contribution is -0.145. The average Bonchev–Trinajstić information content (AvgIpc) is 3.10. The Kier molecular flexibility index (Phi) is 4.08. The minimum absolute atomic E-state index is 0.164. The normalized spacial score (nSPS) is 28.3. The number of rotatable bonds is 6. The van der Waals surface area contributed by atoms with Crippen LogP contribution in [0, 0.1) is 11.2 Å². The van der Waals surface area contributed by atoms with Gasteiger partial charge in [0.2, 0.25) is 0 Å². The molecule has 0 unspecified atom stereocenters. The maximum Gasteiger partial charge on any atom is 0.314 e. The molecule has 5 nitrogen and oxygen atoms in total. The number of aliphatic carboxylic acids is 1. The molecule has 0 aromatic heterocycles. The van der Waals surface area contributed by atoms with Crippen LogP contribution in [0.2, 0.25) is 0 Å². The van der Waals surface area contributed by atoms with Crippen LogP contribution in [0.1, 0.15) is 18.4 Å². The maximum atomic E-state index is 13.4. The molecule has 3 atom stereocenters. The SMILES string of the molecule is CCS(=O)(=O)[C@@H]1[C@H](c2cccc(F)c2)[C@@]1(COC)C(=O)O. The molecule has 21 heavy (non-hydrogen) atoms. The molecule has 0 spiro atoms. The van der Waals surface area contributed by atoms with E-state index in [-0.39, 0.29) is 12.4 Å². The second kappa shape index (κ2) is 5.38. The number of carbonyl (C=O) groups is 1. The molecular weight excluding hydrogens is 299 g/mol. The fourth-order valence-electron chi connectivity index (χ4n) is 3.01. The van der Waals surface area contributed by atoms with Gasteiger partial charge in [0.1, 0.15) is 11.2 Å². The Morgan fingerprint density at radius 3 is 2.62 bits per heavy atom. The van der Waals surface area contributed by atoms with Gasteiger partial charge in [0.15, 0.2) is 9.84 Å². The van der Waals surface area contributed by atoms with Crippen molar-refractivity contribution in [2.45, 2.75) is 18.1 Å². The van der Waals surface area contributed by atoms with Crippen LogP contribution < -0.4 is 0 Å². The highest BCUT2D eigenvalue weighted by molar-refractivity contribution is 7.92. The number of benzene rings is 1. The van der Waals surface area contributed by atoms with E-state index in [9.17, 15) is 22.7 Å². The molecule has 1 aliphatic rings. The molecular formula is C14H17FO5S. The first-order valence-electron chi connectivity index (χ1n) is 6.50. The lowest BCUT2D eigenvalue weighted by Crippen LogP contribution is -2.29. The van der Waals surface area contributed by atoms with E-state index in [1.807, 2.05) is 0 Å². The molecule has 1 aromatic rings. The van der Waals surface area contributed by atoms with Gasteiger partial charge in [0.05, 0.1) is 11.9 Å². The van der Waals surface area contributed by atoms with E-state index in [4.69, 9.17) is 4.74 Å². The highest BCUT2D eigenvalue weighted by Gasteiger charge is 2.75. The van der Waals surface area contributed by atoms with Crippen LogP contribution in [0.15, 0.2) is 24.3 Å². The lowest BCUT2D eigenvalue weighted by atomic mass is 10.00. The number of halogens is 1. The summed E-state index contributed by atoms with van der Waals surface area (Å²) in [6.07, 6.45) is 0. The van der Waals surface area contributed by atoms with Crippen LogP contribution in [0.25, 0.3) is 0 Å². The molecule has 1 saturated carbocycles. The van der Waals surface area contributed by atoms with E-state index in [2.05, 4.69) is 0 Å². The summed E-state index contributed by atoms with van der Waals surface area (Å²) in [5, 5.41) is 8.44. The predicted octanol–water partition coefficient (Wildman–Crippen LogP) is 1.44. The highest BCUT2D eigenvalue weighted by Crippen LogP contribution is 2.63. The van der Waals surface area contributed by atoms with Crippen LogP contribution >= 0.6 is 0 Å². The third kappa shape index (κ3) is 2.44. The van der Waals surface area contributed by atoms with E-state index in [1.54, 1.807) is 6.07 Å². The first kappa shape index (κ1) is 15.9. The summed E-state index contributed by atoms with van der Waals surface area (Å²) >= 11 is 0. The number of carboxylic acids is 1. The Morgan fingerprint density at radius 2 is 2.14 bits per heavy atom. The number of hydrogen-bond donors (Lipinski definition) is 1. The molecule has 0 bridgehead atoms. The maximum absolute atomic E-state index is 13.4. The fraction of sp³-hybridized carbons (Fsp3) is 0.500. The van der Waals surface area contributed by atoms with E-state index in [0.717, 1.165) is 0 Å². The summed E-state index contributed by atoms with van der Waals surface area (Å²) in [4.78, 5) is 11.7. The van der Waals surface area contributed by atoms with Crippen LogP contribution in [-0.4, -0.2) is 44.2 Å². The zero-order chi connectivity index (χ0) is 15.8. The second-order valence-electron chi connectivity index (χ2n) is 5.18. The van der Waals surface area contributed by atoms with Gasteiger partial charge in [0.25, 0.3) is 0 Å². The third-order valence-corrected chi connectivity index (χ3v) is 6.31. The fourth-order valence-corrected chi connectivity index (χ4v) is 5.06. The van der Waals surface area contributed by atoms with Gasteiger partial charge in [-0.1, -0.05) is 19.1 Å². The predicted molar refractivity (Wildman–Crippen MR) is 74.3 cm³/mol. The van der Waals surface area contributed by atoms with Gasteiger partial charge in [-0.3, -0.25) is 4.79 Å². The zero-order valence-electron chi connectivity index (χ0n) is 11.7. The van der Waals surface area contributed by atoms with Crippen molar-refractivity contribution in [2.24, 2.45) is 5.41 Å². The topological polar surface area (TPSA) is 80.7 Å². The number of carboxylic acid groups (broad SMARTS) is 1. The first-order chi connectivity index (χ1) is 9.81. The van der Waals surface area contributed by atoms with Crippen molar-refractivity contribution in [3.8, 4) is 0 Å². The molecule has 1 N–H and O–H groups in total. The van der Waals surface area contributed by atoms with Crippen molar-refractivity contribution in [3.63, 3.8) is 0 Å². The van der Waals surface area contributed by atoms with E-state index >= 15 is 0 Å². The molecule has 7 heteroatoms. The first-order valence-corrected chi connectivity index (χ1v) is 8.22. The number of ether oxygens (including phenoxy) is 1. The Bertz CT molecular complexity index is 657. The minimum atomic E-state index is -3.59. The molecule has 0 radical (unpaired) electrons. The Morgan fingerprint density at radius 1 is 1.48 bits per heavy atom. The van der Waals surface area contributed by atoms with E-state index < -0.39 is 38.2 Å². The Labute approximate surface area is 122 Å². The van der Waals surface area contributed by atoms with Crippen molar-refractivity contribution < 1.29 is 27.4 Å². The molecule has 1 aliphatic carbocycles. The summed E-state index contributed by atoms with van der Waals surface area (Å²) in [5.41, 5.74) is -1.17. The molecule has 1 fully saturated rings. The summed E-state index contributed by atoms with van der Waals surface area (Å²) in [5.74, 6) is -2.72. The van der Waals surface area contributed by atoms with Gasteiger partial charge in [-0.05, 0) is 17.7 Å². The van der Waals surface area contributed by atoms with Crippen molar-refractivity contribution in [2.75, 3.05) is 19.5 Å². The standard InChI is InChI=1S/C14H17FO5S/c1-3-21(18,19)12-11(9-5-4-6-10(15)7-9)14(12,8-20-2)13(16)17/h4-7,11-12H,3,8H2,1-2H3,(H,16,17)/t11-,12+,14+/m0/s1. The van der Waals surface area contributed by atoms with Crippen LogP contribution in [0.4, 0.5) is 4.39 Å². The minimum Gasteiger partial charge on any atom is -0.481 e. The summed E-state index contributed by atoms with van der Waals surface area (Å²) in [6, 6.07) is 5.40. The third-order valence-electron chi connectivity index (χ3n) is 4.03. The largest absolute Gasteiger partial charge is 0.481 e. The van der Waals surface area contributed by atoms with Gasteiger partial charge < -0.3 is 9.84 Å².